The van der Waals surface area contributed by atoms with E-state index in [1.807, 2.05) is 0 Å². The van der Waals surface area contributed by atoms with E-state index in [2.05, 4.69) is 62.0 Å². The van der Waals surface area contributed by atoms with Gasteiger partial charge in [0.25, 0.3) is 0 Å². The van der Waals surface area contributed by atoms with Gasteiger partial charge in [-0.15, -0.1) is 0 Å². The maximum absolute atomic E-state index is 5.46. The van der Waals surface area contributed by atoms with Crippen LogP contribution in [-0.2, 0) is 0 Å². The molecule has 2 unspecified atom stereocenters. The van der Waals surface area contributed by atoms with Crippen LogP contribution in [0.15, 0.2) is 0 Å². The Bertz CT molecular complexity index is 356. The number of hydrogen-bond acceptors (Lipinski definition) is 2. The third-order valence-corrected chi connectivity index (χ3v) is 3.91. The summed E-state index contributed by atoms with van der Waals surface area (Å²) in [5, 5.41) is 8.37. The van der Waals surface area contributed by atoms with Gasteiger partial charge in [-0.1, -0.05) is 0 Å². The molecule has 2 N–H and O–H groups in total. The molecule has 4 nitrogen and oxygen atoms in total. The molecule has 0 aromatic rings. The van der Waals surface area contributed by atoms with Gasteiger partial charge in [0.2, 0.25) is 0 Å². The summed E-state index contributed by atoms with van der Waals surface area (Å²) in [6, 6.07) is 0. The van der Waals surface area contributed by atoms with Crippen molar-refractivity contribution in [1.29, 1.82) is 0 Å². The van der Waals surface area contributed by atoms with E-state index in [-0.39, 0.29) is 23.4 Å². The molecule has 0 aromatic heterocycles. The van der Waals surface area contributed by atoms with Crippen LogP contribution in [0.3, 0.4) is 0 Å². The van der Waals surface area contributed by atoms with Crippen molar-refractivity contribution in [2.75, 3.05) is 0 Å². The molecule has 2 atom stereocenters. The number of nitrogens with one attached hydrogen (secondary N) is 2. The van der Waals surface area contributed by atoms with Crippen LogP contribution in [-0.4, -0.2) is 43.4 Å². The number of hydrogen-bond donors (Lipinski definition) is 2. The summed E-state index contributed by atoms with van der Waals surface area (Å²) in [5.41, 5.74) is -0.0555. The lowest BCUT2D eigenvalue weighted by Gasteiger charge is -2.37. The van der Waals surface area contributed by atoms with Crippen molar-refractivity contribution in [3.63, 3.8) is 0 Å². The first kappa shape index (κ1) is 13.8. The van der Waals surface area contributed by atoms with Crippen molar-refractivity contribution in [3.8, 4) is 0 Å². The van der Waals surface area contributed by atoms with Crippen molar-refractivity contribution in [1.82, 2.24) is 20.4 Å². The standard InChI is InChI=1S/C12H22N4S2/c1-11(2,3)15-7-8(14-9(15)17)16(10(18)13-7)12(4,5)6/h7-8H,1-6H3,(H,13,18)(H,14,17). The predicted octanol–water partition coefficient (Wildman–Crippen LogP) is 1.62. The molecule has 6 heteroatoms. The number of rotatable bonds is 0. The van der Waals surface area contributed by atoms with Crippen molar-refractivity contribution in [3.05, 3.63) is 0 Å². The maximum Gasteiger partial charge on any atom is 0.172 e. The molecule has 2 saturated heterocycles. The van der Waals surface area contributed by atoms with E-state index in [1.54, 1.807) is 0 Å². The van der Waals surface area contributed by atoms with Crippen LogP contribution in [0.2, 0.25) is 0 Å². The van der Waals surface area contributed by atoms with Gasteiger partial charge < -0.3 is 20.4 Å². The van der Waals surface area contributed by atoms with Crippen molar-refractivity contribution >= 4 is 34.7 Å². The molecule has 2 aliphatic rings. The zero-order valence-electron chi connectivity index (χ0n) is 11.9. The molecule has 2 aliphatic heterocycles. The van der Waals surface area contributed by atoms with E-state index in [9.17, 15) is 0 Å². The molecule has 2 rings (SSSR count). The minimum absolute atomic E-state index is 0.0278. The van der Waals surface area contributed by atoms with Gasteiger partial charge in [-0.2, -0.15) is 0 Å². The molecule has 102 valence electrons. The third-order valence-electron chi connectivity index (χ3n) is 3.28. The lowest BCUT2D eigenvalue weighted by molar-refractivity contribution is 0.126. The molecule has 0 amide bonds. The van der Waals surface area contributed by atoms with Crippen LogP contribution in [0, 0.1) is 0 Å². The number of fused-ring (bicyclic) bond motifs is 1. The number of thiocarbonyl (C=S) groups is 2. The summed E-state index contributed by atoms with van der Waals surface area (Å²) in [5.74, 6) is 0. The molecule has 0 aliphatic carbocycles. The highest BCUT2D eigenvalue weighted by Gasteiger charge is 2.52. The highest BCUT2D eigenvalue weighted by molar-refractivity contribution is 7.80. The van der Waals surface area contributed by atoms with Gasteiger partial charge in [-0.05, 0) is 66.0 Å². The minimum Gasteiger partial charge on any atom is -0.339 e. The summed E-state index contributed by atoms with van der Waals surface area (Å²) in [6.07, 6.45) is 0.230. The van der Waals surface area contributed by atoms with Gasteiger partial charge in [-0.3, -0.25) is 0 Å². The summed E-state index contributed by atoms with van der Waals surface area (Å²) in [4.78, 5) is 4.40. The second kappa shape index (κ2) is 3.93. The van der Waals surface area contributed by atoms with Gasteiger partial charge in [0.05, 0.1) is 0 Å². The van der Waals surface area contributed by atoms with Gasteiger partial charge in [0.15, 0.2) is 10.2 Å². The maximum atomic E-state index is 5.46. The van der Waals surface area contributed by atoms with E-state index in [0.29, 0.717) is 0 Å². The molecule has 18 heavy (non-hydrogen) atoms. The average Bonchev–Trinajstić information content (AvgIpc) is 2.52. The molecular weight excluding hydrogens is 264 g/mol. The summed E-state index contributed by atoms with van der Waals surface area (Å²) in [6.45, 7) is 13.0. The largest absolute Gasteiger partial charge is 0.339 e. The van der Waals surface area contributed by atoms with Crippen LogP contribution in [0.5, 0.6) is 0 Å². The normalized spacial score (nSPS) is 28.3. The molecule has 0 bridgehead atoms. The van der Waals surface area contributed by atoms with Crippen LogP contribution in [0.4, 0.5) is 0 Å². The Morgan fingerprint density at radius 3 is 1.28 bits per heavy atom. The van der Waals surface area contributed by atoms with Gasteiger partial charge >= 0.3 is 0 Å². The first-order valence-corrected chi connectivity index (χ1v) is 7.05. The molecule has 0 radical (unpaired) electrons. The fraction of sp³-hybridized carbons (Fsp3) is 0.833. The monoisotopic (exact) mass is 286 g/mol. The molecule has 0 spiro atoms. The minimum atomic E-state index is -0.0278. The number of nitrogens with zero attached hydrogens (tertiary/aromatic N) is 2. The third kappa shape index (κ3) is 2.05. The van der Waals surface area contributed by atoms with Gasteiger partial charge in [0, 0.05) is 11.1 Å². The van der Waals surface area contributed by atoms with Crippen molar-refractivity contribution in [2.24, 2.45) is 0 Å². The molecule has 0 saturated carbocycles. The fourth-order valence-corrected chi connectivity index (χ4v) is 3.67. The van der Waals surface area contributed by atoms with Crippen LogP contribution in [0.1, 0.15) is 41.5 Å². The Hall–Kier alpha value is -0.620. The summed E-state index contributed by atoms with van der Waals surface area (Å²) >= 11 is 10.9. The van der Waals surface area contributed by atoms with E-state index in [4.69, 9.17) is 24.4 Å². The summed E-state index contributed by atoms with van der Waals surface area (Å²) in [7, 11) is 0. The van der Waals surface area contributed by atoms with Crippen molar-refractivity contribution < 1.29 is 0 Å². The quantitative estimate of drug-likeness (QED) is 0.658. The van der Waals surface area contributed by atoms with E-state index < -0.39 is 0 Å². The van der Waals surface area contributed by atoms with E-state index in [0.717, 1.165) is 10.2 Å². The highest BCUT2D eigenvalue weighted by Crippen LogP contribution is 2.32. The second-order valence-corrected chi connectivity index (χ2v) is 7.64. The average molecular weight is 286 g/mol. The van der Waals surface area contributed by atoms with Gasteiger partial charge in [0.1, 0.15) is 12.3 Å². The topological polar surface area (TPSA) is 30.5 Å². The Balaban J connectivity index is 2.33. The predicted molar refractivity (Wildman–Crippen MR) is 82.2 cm³/mol. The molecule has 2 heterocycles. The van der Waals surface area contributed by atoms with E-state index >= 15 is 0 Å². The first-order chi connectivity index (χ1) is 8.03. The second-order valence-electron chi connectivity index (χ2n) is 6.87. The zero-order chi connectivity index (χ0) is 13.9. The Morgan fingerprint density at radius 1 is 0.778 bits per heavy atom. The molecule has 2 fully saturated rings. The van der Waals surface area contributed by atoms with Crippen LogP contribution in [0.25, 0.3) is 0 Å². The SMILES string of the molecule is CC(C)(C)N1C(=S)NC2C1NC(=S)N2C(C)(C)C. The van der Waals surface area contributed by atoms with E-state index in [1.165, 1.54) is 0 Å². The zero-order valence-corrected chi connectivity index (χ0v) is 13.5. The van der Waals surface area contributed by atoms with Gasteiger partial charge in [-0.25, -0.2) is 0 Å². The summed E-state index contributed by atoms with van der Waals surface area (Å²) < 4.78 is 0. The first-order valence-electron chi connectivity index (χ1n) is 6.23. The smallest absolute Gasteiger partial charge is 0.172 e. The molecule has 0 aromatic carbocycles. The Labute approximate surface area is 120 Å². The highest BCUT2D eigenvalue weighted by atomic mass is 32.1. The van der Waals surface area contributed by atoms with Crippen molar-refractivity contribution in [2.45, 2.75) is 65.0 Å². The van der Waals surface area contributed by atoms with Crippen LogP contribution >= 0.6 is 24.4 Å². The molecular formula is C12H22N4S2. The fourth-order valence-electron chi connectivity index (χ4n) is 2.66. The van der Waals surface area contributed by atoms with Crippen LogP contribution < -0.4 is 10.6 Å². The Kier molecular flexibility index (Phi) is 3.02. The lowest BCUT2D eigenvalue weighted by atomic mass is 10.0. The lowest BCUT2D eigenvalue weighted by Crippen LogP contribution is -2.52. The Morgan fingerprint density at radius 2 is 1.06 bits per heavy atom.